The summed E-state index contributed by atoms with van der Waals surface area (Å²) in [6.45, 7) is 0. The number of amides is 1. The second kappa shape index (κ2) is 5.44. The highest BCUT2D eigenvalue weighted by Crippen LogP contribution is 2.43. The molecule has 1 amide bonds. The monoisotopic (exact) mass is 303 g/mol. The molecular formula is C16H21N3OS. The van der Waals surface area contributed by atoms with E-state index in [2.05, 4.69) is 10.3 Å². The molecule has 21 heavy (non-hydrogen) atoms. The van der Waals surface area contributed by atoms with Gasteiger partial charge in [0.15, 0.2) is 4.96 Å². The van der Waals surface area contributed by atoms with Gasteiger partial charge in [0.05, 0.1) is 12.1 Å². The molecule has 2 aliphatic carbocycles. The molecule has 0 aliphatic heterocycles. The topological polar surface area (TPSA) is 46.4 Å². The van der Waals surface area contributed by atoms with Crippen LogP contribution < -0.4 is 5.32 Å². The van der Waals surface area contributed by atoms with Gasteiger partial charge in [0.2, 0.25) is 5.91 Å². The number of carbonyl (C=O) groups excluding carboxylic acids is 1. The molecule has 2 aromatic heterocycles. The molecule has 0 radical (unpaired) electrons. The van der Waals surface area contributed by atoms with Crippen molar-refractivity contribution in [2.75, 3.05) is 0 Å². The first kappa shape index (κ1) is 13.3. The van der Waals surface area contributed by atoms with Crippen LogP contribution in [0.3, 0.4) is 0 Å². The van der Waals surface area contributed by atoms with Gasteiger partial charge in [-0.05, 0) is 37.5 Å². The number of nitrogens with one attached hydrogen (secondary N) is 1. The maximum atomic E-state index is 12.2. The normalized spacial score (nSPS) is 26.1. The minimum Gasteiger partial charge on any atom is -0.353 e. The zero-order chi connectivity index (χ0) is 14.2. The van der Waals surface area contributed by atoms with Crippen molar-refractivity contribution in [3.05, 3.63) is 23.5 Å². The Labute approximate surface area is 128 Å². The van der Waals surface area contributed by atoms with Gasteiger partial charge in [-0.3, -0.25) is 9.20 Å². The number of aromatic nitrogens is 2. The Morgan fingerprint density at radius 1 is 1.33 bits per heavy atom. The van der Waals surface area contributed by atoms with Gasteiger partial charge in [-0.25, -0.2) is 4.98 Å². The zero-order valence-electron chi connectivity index (χ0n) is 12.1. The predicted molar refractivity (Wildman–Crippen MR) is 83.4 cm³/mol. The minimum atomic E-state index is 0.127. The zero-order valence-corrected chi connectivity index (χ0v) is 12.9. The fourth-order valence-electron chi connectivity index (χ4n) is 3.66. The van der Waals surface area contributed by atoms with Gasteiger partial charge in [0.1, 0.15) is 0 Å². The van der Waals surface area contributed by atoms with Crippen LogP contribution in [0.4, 0.5) is 0 Å². The van der Waals surface area contributed by atoms with Crippen LogP contribution in [-0.2, 0) is 11.2 Å². The van der Waals surface area contributed by atoms with Crippen molar-refractivity contribution in [2.45, 2.75) is 51.0 Å². The second-order valence-electron chi connectivity index (χ2n) is 6.53. The number of thiazole rings is 1. The molecule has 2 fully saturated rings. The van der Waals surface area contributed by atoms with Crippen LogP contribution in [0.5, 0.6) is 0 Å². The summed E-state index contributed by atoms with van der Waals surface area (Å²) in [5, 5.41) is 5.24. The average molecular weight is 303 g/mol. The summed E-state index contributed by atoms with van der Waals surface area (Å²) in [5.74, 6) is 1.95. The number of hydrogen-bond donors (Lipinski definition) is 1. The van der Waals surface area contributed by atoms with Crippen LogP contribution in [0.1, 0.15) is 44.2 Å². The third-order valence-corrected chi connectivity index (χ3v) is 5.62. The molecule has 1 N–H and O–H groups in total. The van der Waals surface area contributed by atoms with Crippen LogP contribution in [0.25, 0.3) is 4.96 Å². The highest BCUT2D eigenvalue weighted by atomic mass is 32.1. The van der Waals surface area contributed by atoms with E-state index in [1.54, 1.807) is 11.3 Å². The number of rotatable bonds is 4. The van der Waals surface area contributed by atoms with Crippen molar-refractivity contribution >= 4 is 22.2 Å². The van der Waals surface area contributed by atoms with E-state index in [0.29, 0.717) is 12.5 Å². The molecule has 112 valence electrons. The van der Waals surface area contributed by atoms with Gasteiger partial charge < -0.3 is 5.32 Å². The van der Waals surface area contributed by atoms with E-state index < -0.39 is 0 Å². The lowest BCUT2D eigenvalue weighted by Gasteiger charge is -2.29. The first-order valence-corrected chi connectivity index (χ1v) is 8.86. The van der Waals surface area contributed by atoms with Crippen LogP contribution in [0.15, 0.2) is 17.8 Å². The summed E-state index contributed by atoms with van der Waals surface area (Å²) < 4.78 is 1.98. The van der Waals surface area contributed by atoms with Crippen LogP contribution in [-0.4, -0.2) is 21.3 Å². The molecule has 0 bridgehead atoms. The average Bonchev–Trinajstić information content (AvgIpc) is 3.11. The molecule has 2 atom stereocenters. The van der Waals surface area contributed by atoms with Crippen molar-refractivity contribution in [3.8, 4) is 0 Å². The van der Waals surface area contributed by atoms with E-state index >= 15 is 0 Å². The summed E-state index contributed by atoms with van der Waals surface area (Å²) in [4.78, 5) is 17.7. The molecule has 2 heterocycles. The first-order valence-electron chi connectivity index (χ1n) is 7.98. The fraction of sp³-hybridized carbons (Fsp3) is 0.625. The lowest BCUT2D eigenvalue weighted by atomic mass is 9.82. The van der Waals surface area contributed by atoms with E-state index in [-0.39, 0.29) is 5.91 Å². The van der Waals surface area contributed by atoms with Crippen molar-refractivity contribution in [3.63, 3.8) is 0 Å². The second-order valence-corrected chi connectivity index (χ2v) is 7.40. The largest absolute Gasteiger partial charge is 0.353 e. The Morgan fingerprint density at radius 3 is 3.05 bits per heavy atom. The van der Waals surface area contributed by atoms with E-state index in [9.17, 15) is 4.79 Å². The Morgan fingerprint density at radius 2 is 2.24 bits per heavy atom. The van der Waals surface area contributed by atoms with Crippen LogP contribution in [0, 0.1) is 11.8 Å². The van der Waals surface area contributed by atoms with Gasteiger partial charge >= 0.3 is 0 Å². The predicted octanol–water partition coefficient (Wildman–Crippen LogP) is 3.02. The lowest BCUT2D eigenvalue weighted by Crippen LogP contribution is -2.39. The fourth-order valence-corrected chi connectivity index (χ4v) is 4.38. The van der Waals surface area contributed by atoms with E-state index in [1.807, 2.05) is 22.2 Å². The minimum absolute atomic E-state index is 0.127. The first-order chi connectivity index (χ1) is 10.3. The number of hydrogen-bond acceptors (Lipinski definition) is 3. The van der Waals surface area contributed by atoms with Crippen molar-refractivity contribution < 1.29 is 4.79 Å². The van der Waals surface area contributed by atoms with Crippen LogP contribution in [0.2, 0.25) is 0 Å². The Kier molecular flexibility index (Phi) is 3.45. The highest BCUT2D eigenvalue weighted by molar-refractivity contribution is 7.15. The summed E-state index contributed by atoms with van der Waals surface area (Å²) in [7, 11) is 0. The van der Waals surface area contributed by atoms with Gasteiger partial charge in [0.25, 0.3) is 0 Å². The smallest absolute Gasteiger partial charge is 0.226 e. The van der Waals surface area contributed by atoms with Crippen molar-refractivity contribution in [1.29, 1.82) is 0 Å². The van der Waals surface area contributed by atoms with Gasteiger partial charge in [0, 0.05) is 23.8 Å². The van der Waals surface area contributed by atoms with Crippen molar-refractivity contribution in [2.24, 2.45) is 11.8 Å². The van der Waals surface area contributed by atoms with Crippen LogP contribution >= 0.6 is 11.3 Å². The third kappa shape index (κ3) is 2.98. The number of nitrogens with zero attached hydrogens (tertiary/aromatic N) is 2. The molecule has 0 saturated heterocycles. The number of carbonyl (C=O) groups is 1. The van der Waals surface area contributed by atoms with E-state index in [1.165, 1.54) is 32.1 Å². The molecule has 2 saturated carbocycles. The molecule has 2 aromatic rings. The van der Waals surface area contributed by atoms with Gasteiger partial charge in [-0.1, -0.05) is 12.8 Å². The lowest BCUT2D eigenvalue weighted by molar-refractivity contribution is -0.121. The number of imidazole rings is 1. The van der Waals surface area contributed by atoms with E-state index in [4.69, 9.17) is 0 Å². The Balaban J connectivity index is 1.33. The molecule has 4 rings (SSSR count). The maximum absolute atomic E-state index is 12.2. The van der Waals surface area contributed by atoms with Crippen molar-refractivity contribution in [1.82, 2.24) is 14.7 Å². The molecule has 0 spiro atoms. The summed E-state index contributed by atoms with van der Waals surface area (Å²) in [5.41, 5.74) is 0.869. The van der Waals surface area contributed by atoms with Gasteiger partial charge in [-0.15, -0.1) is 11.3 Å². The quantitative estimate of drug-likeness (QED) is 0.943. The third-order valence-electron chi connectivity index (χ3n) is 4.85. The highest BCUT2D eigenvalue weighted by Gasteiger charge is 2.35. The Bertz CT molecular complexity index is 614. The van der Waals surface area contributed by atoms with E-state index in [0.717, 1.165) is 28.9 Å². The molecule has 5 heteroatoms. The molecular weight excluding hydrogens is 282 g/mol. The SMILES string of the molecule is O=C(Cc1cn2ccsc2n1)N[C@H]1CCC[C@@H](C2CC2)C1. The molecule has 4 nitrogen and oxygen atoms in total. The molecule has 0 aromatic carbocycles. The maximum Gasteiger partial charge on any atom is 0.226 e. The number of fused-ring (bicyclic) bond motifs is 1. The van der Waals surface area contributed by atoms with Gasteiger partial charge in [-0.2, -0.15) is 0 Å². The Hall–Kier alpha value is -1.36. The summed E-state index contributed by atoms with van der Waals surface area (Å²) in [6.07, 6.45) is 12.1. The summed E-state index contributed by atoms with van der Waals surface area (Å²) in [6, 6.07) is 0.389. The molecule has 2 aliphatic rings. The standard InChI is InChI=1S/C16H21N3OS/c20-15(9-14-10-19-6-7-21-16(19)18-14)17-13-3-1-2-12(8-13)11-4-5-11/h6-7,10-13H,1-5,8-9H2,(H,17,20)/t12-,13+/m1/s1. The summed E-state index contributed by atoms with van der Waals surface area (Å²) >= 11 is 1.60. The molecule has 0 unspecified atom stereocenters.